The first-order valence-corrected chi connectivity index (χ1v) is 7.81. The van der Waals surface area contributed by atoms with Crippen LogP contribution in [-0.2, 0) is 9.53 Å². The summed E-state index contributed by atoms with van der Waals surface area (Å²) < 4.78 is 39.3. The molecule has 7 heteroatoms. The van der Waals surface area contributed by atoms with Gasteiger partial charge in [0.15, 0.2) is 30.0 Å². The third-order valence-corrected chi connectivity index (χ3v) is 3.64. The molecule has 0 saturated carbocycles. The molecule has 1 aromatic carbocycles. The normalized spacial score (nSPS) is 18.1. The minimum Gasteiger partial charge on any atom is -0.462 e. The van der Waals surface area contributed by atoms with Crippen LogP contribution < -0.4 is 10.1 Å². The number of carbonyl (C=O) groups excluding carboxylic acids is 2. The van der Waals surface area contributed by atoms with E-state index >= 15 is 0 Å². The molecule has 1 amide bonds. The van der Waals surface area contributed by atoms with Crippen LogP contribution in [0.2, 0.25) is 0 Å². The van der Waals surface area contributed by atoms with Crippen LogP contribution >= 0.6 is 0 Å². The zero-order valence-electron chi connectivity index (χ0n) is 13.9. The van der Waals surface area contributed by atoms with Crippen LogP contribution in [0.3, 0.4) is 0 Å². The summed E-state index contributed by atoms with van der Waals surface area (Å²) in [7, 11) is 0. The lowest BCUT2D eigenvalue weighted by Crippen LogP contribution is -2.29. The lowest BCUT2D eigenvalue weighted by molar-refractivity contribution is -0.123. The molecule has 1 N–H and O–H groups in total. The average molecular weight is 341 g/mol. The van der Waals surface area contributed by atoms with Crippen molar-refractivity contribution in [3.63, 3.8) is 0 Å². The Hall–Kier alpha value is -2.02. The van der Waals surface area contributed by atoms with Crippen molar-refractivity contribution < 1.29 is 27.8 Å². The van der Waals surface area contributed by atoms with Crippen molar-refractivity contribution in [1.82, 2.24) is 0 Å². The number of carbonyl (C=O) groups is 2. The van der Waals surface area contributed by atoms with Crippen LogP contribution in [0.25, 0.3) is 0 Å². The number of rotatable bonds is 4. The number of anilines is 1. The average Bonchev–Trinajstić information content (AvgIpc) is 2.52. The van der Waals surface area contributed by atoms with E-state index in [1.165, 1.54) is 0 Å². The Kier molecular flexibility index (Phi) is 5.54. The lowest BCUT2D eigenvalue weighted by Gasteiger charge is -2.24. The third kappa shape index (κ3) is 4.08. The summed E-state index contributed by atoms with van der Waals surface area (Å²) in [6.07, 6.45) is 1.72. The number of hydrogen-bond donors (Lipinski definition) is 1. The summed E-state index contributed by atoms with van der Waals surface area (Å²) in [6, 6.07) is 1.04. The van der Waals surface area contributed by atoms with Gasteiger partial charge in [-0.15, -0.1) is 0 Å². The Balaban J connectivity index is 2.34. The van der Waals surface area contributed by atoms with E-state index < -0.39 is 34.8 Å². The minimum atomic E-state index is -1.13. The van der Waals surface area contributed by atoms with Gasteiger partial charge in [0, 0.05) is 17.9 Å². The summed E-state index contributed by atoms with van der Waals surface area (Å²) in [6.45, 7) is 5.44. The Morgan fingerprint density at radius 3 is 2.58 bits per heavy atom. The van der Waals surface area contributed by atoms with Gasteiger partial charge >= 0.3 is 0 Å². The van der Waals surface area contributed by atoms with Crippen LogP contribution in [0.4, 0.5) is 14.5 Å². The Morgan fingerprint density at radius 1 is 1.33 bits per heavy atom. The van der Waals surface area contributed by atoms with Crippen LogP contribution in [0.15, 0.2) is 6.07 Å². The molecule has 1 aliphatic heterocycles. The molecule has 1 aromatic rings. The number of hydrogen-bond acceptors (Lipinski definition) is 4. The van der Waals surface area contributed by atoms with Crippen molar-refractivity contribution in [2.24, 2.45) is 5.41 Å². The summed E-state index contributed by atoms with van der Waals surface area (Å²) in [5.41, 5.74) is -1.87. The van der Waals surface area contributed by atoms with E-state index in [1.807, 2.05) is 0 Å². The molecule has 2 rings (SSSR count). The predicted molar refractivity (Wildman–Crippen MR) is 84.0 cm³/mol. The highest BCUT2D eigenvalue weighted by Crippen LogP contribution is 2.32. The number of halogens is 2. The lowest BCUT2D eigenvalue weighted by atomic mass is 9.95. The molecule has 24 heavy (non-hydrogen) atoms. The summed E-state index contributed by atoms with van der Waals surface area (Å²) in [5.74, 6) is -3.03. The molecular formula is C17H21F2NO4. The van der Waals surface area contributed by atoms with Crippen molar-refractivity contribution in [2.45, 2.75) is 46.3 Å². The highest BCUT2D eigenvalue weighted by molar-refractivity contribution is 5.95. The molecule has 1 atom stereocenters. The van der Waals surface area contributed by atoms with Gasteiger partial charge in [0.2, 0.25) is 5.91 Å². The zero-order valence-corrected chi connectivity index (χ0v) is 13.9. The van der Waals surface area contributed by atoms with Crippen molar-refractivity contribution in [1.29, 1.82) is 0 Å². The smallest absolute Gasteiger partial charge is 0.229 e. The molecule has 0 spiro atoms. The molecule has 0 bridgehead atoms. The van der Waals surface area contributed by atoms with Gasteiger partial charge in [-0.2, -0.15) is 0 Å². The van der Waals surface area contributed by atoms with Crippen LogP contribution in [-0.4, -0.2) is 25.1 Å². The largest absolute Gasteiger partial charge is 0.462 e. The Morgan fingerprint density at radius 2 is 2.04 bits per heavy atom. The van der Waals surface area contributed by atoms with Crippen molar-refractivity contribution in [2.75, 3.05) is 11.9 Å². The maximum absolute atomic E-state index is 14.3. The van der Waals surface area contributed by atoms with Crippen molar-refractivity contribution >= 4 is 17.9 Å². The first-order chi connectivity index (χ1) is 11.2. The molecular weight excluding hydrogens is 320 g/mol. The molecule has 1 unspecified atom stereocenters. The highest BCUT2D eigenvalue weighted by atomic mass is 19.1. The molecule has 132 valence electrons. The predicted octanol–water partition coefficient (Wildman–Crippen LogP) is 3.67. The Bertz CT molecular complexity index is 634. The maximum Gasteiger partial charge on any atom is 0.229 e. The molecule has 1 fully saturated rings. The van der Waals surface area contributed by atoms with E-state index in [1.54, 1.807) is 20.8 Å². The van der Waals surface area contributed by atoms with Gasteiger partial charge in [0.25, 0.3) is 0 Å². The van der Waals surface area contributed by atoms with E-state index in [0.717, 1.165) is 18.9 Å². The van der Waals surface area contributed by atoms with E-state index in [-0.39, 0.29) is 17.7 Å². The molecule has 0 aromatic heterocycles. The second kappa shape index (κ2) is 7.25. The first-order valence-electron chi connectivity index (χ1n) is 7.81. The Labute approximate surface area is 139 Å². The van der Waals surface area contributed by atoms with Crippen LogP contribution in [0, 0.1) is 17.0 Å². The molecule has 1 heterocycles. The minimum absolute atomic E-state index is 0.0615. The van der Waals surface area contributed by atoms with Gasteiger partial charge in [0.1, 0.15) is 0 Å². The quantitative estimate of drug-likeness (QED) is 0.849. The fourth-order valence-electron chi connectivity index (χ4n) is 2.17. The fourth-order valence-corrected chi connectivity index (χ4v) is 2.17. The van der Waals surface area contributed by atoms with Crippen LogP contribution in [0.1, 0.15) is 50.4 Å². The first kappa shape index (κ1) is 18.3. The number of amides is 1. The number of benzene rings is 1. The van der Waals surface area contributed by atoms with Crippen molar-refractivity contribution in [3.05, 3.63) is 23.3 Å². The van der Waals surface area contributed by atoms with Gasteiger partial charge in [0.05, 0.1) is 17.9 Å². The number of aldehydes is 1. The van der Waals surface area contributed by atoms with Gasteiger partial charge in [-0.1, -0.05) is 20.8 Å². The van der Waals surface area contributed by atoms with Gasteiger partial charge < -0.3 is 14.8 Å². The summed E-state index contributed by atoms with van der Waals surface area (Å²) in [5, 5.41) is 2.37. The van der Waals surface area contributed by atoms with E-state index in [0.29, 0.717) is 13.0 Å². The number of nitrogens with one attached hydrogen (secondary N) is 1. The summed E-state index contributed by atoms with van der Waals surface area (Å²) in [4.78, 5) is 23.1. The molecule has 1 aliphatic rings. The molecule has 0 radical (unpaired) electrons. The molecule has 5 nitrogen and oxygen atoms in total. The second-order valence-corrected chi connectivity index (χ2v) is 6.70. The van der Waals surface area contributed by atoms with Gasteiger partial charge in [-0.05, 0) is 12.8 Å². The van der Waals surface area contributed by atoms with E-state index in [2.05, 4.69) is 5.32 Å². The SMILES string of the molecule is CC(C)(C)C(=O)Nc1cc(OC2CCCCO2)c(F)c(C=O)c1F. The van der Waals surface area contributed by atoms with Crippen LogP contribution in [0.5, 0.6) is 5.75 Å². The molecule has 0 aliphatic carbocycles. The van der Waals surface area contributed by atoms with E-state index in [9.17, 15) is 18.4 Å². The fraction of sp³-hybridized carbons (Fsp3) is 0.529. The van der Waals surface area contributed by atoms with Gasteiger partial charge in [-0.25, -0.2) is 8.78 Å². The van der Waals surface area contributed by atoms with Gasteiger partial charge in [-0.3, -0.25) is 9.59 Å². The topological polar surface area (TPSA) is 64.6 Å². The molecule has 1 saturated heterocycles. The standard InChI is InChI=1S/C17H21F2NO4/c1-17(2,3)16(22)20-11-8-12(15(19)10(9-21)14(11)18)24-13-6-4-5-7-23-13/h8-9,13H,4-7H2,1-3H3,(H,20,22). The monoisotopic (exact) mass is 341 g/mol. The summed E-state index contributed by atoms with van der Waals surface area (Å²) >= 11 is 0. The highest BCUT2D eigenvalue weighted by Gasteiger charge is 2.27. The van der Waals surface area contributed by atoms with E-state index in [4.69, 9.17) is 9.47 Å². The second-order valence-electron chi connectivity index (χ2n) is 6.70. The third-order valence-electron chi connectivity index (χ3n) is 3.64. The maximum atomic E-state index is 14.3. The zero-order chi connectivity index (χ0) is 17.9. The number of ether oxygens (including phenoxy) is 2. The van der Waals surface area contributed by atoms with Crippen molar-refractivity contribution in [3.8, 4) is 5.75 Å².